The molecular formula is C20H16F4N4O2. The molecule has 10 heteroatoms. The normalized spacial score (nSPS) is 13.3. The Hall–Kier alpha value is -3.43. The van der Waals surface area contributed by atoms with E-state index in [1.807, 2.05) is 0 Å². The van der Waals surface area contributed by atoms with Gasteiger partial charge in [0.15, 0.2) is 23.3 Å². The van der Waals surface area contributed by atoms with Crippen LogP contribution in [0.4, 0.5) is 17.6 Å². The molecule has 0 bridgehead atoms. The molecule has 1 aliphatic rings. The summed E-state index contributed by atoms with van der Waals surface area (Å²) in [7, 11) is 2.84. The van der Waals surface area contributed by atoms with Crippen LogP contribution in [-0.2, 0) is 20.0 Å². The van der Waals surface area contributed by atoms with E-state index in [0.29, 0.717) is 23.4 Å². The Kier molecular flexibility index (Phi) is 4.92. The maximum Gasteiger partial charge on any atom is 0.257 e. The largest absolute Gasteiger partial charge is 0.479 e. The molecule has 0 atom stereocenters. The zero-order valence-electron chi connectivity index (χ0n) is 16.0. The van der Waals surface area contributed by atoms with Gasteiger partial charge in [-0.25, -0.2) is 22.5 Å². The van der Waals surface area contributed by atoms with Gasteiger partial charge in [-0.05, 0) is 24.6 Å². The zero-order valence-corrected chi connectivity index (χ0v) is 16.0. The van der Waals surface area contributed by atoms with E-state index in [1.54, 1.807) is 7.05 Å². The molecule has 6 nitrogen and oxygen atoms in total. The maximum absolute atomic E-state index is 14.4. The molecule has 3 aromatic rings. The number of hydrogen-bond donors (Lipinski definition) is 0. The van der Waals surface area contributed by atoms with Gasteiger partial charge in [-0.15, -0.1) is 0 Å². The van der Waals surface area contributed by atoms with Crippen molar-refractivity contribution in [3.8, 4) is 17.1 Å². The van der Waals surface area contributed by atoms with Gasteiger partial charge in [-0.3, -0.25) is 9.48 Å². The van der Waals surface area contributed by atoms with E-state index in [4.69, 9.17) is 4.74 Å². The second-order valence-corrected chi connectivity index (χ2v) is 6.81. The van der Waals surface area contributed by atoms with Gasteiger partial charge in [0.1, 0.15) is 0 Å². The number of rotatable bonds is 3. The Bertz CT molecular complexity index is 1140. The van der Waals surface area contributed by atoms with Crippen molar-refractivity contribution >= 4 is 5.91 Å². The highest BCUT2D eigenvalue weighted by Gasteiger charge is 2.30. The van der Waals surface area contributed by atoms with Crippen LogP contribution in [-0.4, -0.2) is 39.2 Å². The number of carbonyl (C=O) groups excluding carboxylic acids is 1. The fraction of sp³-hybridized carbons (Fsp3) is 0.250. The summed E-state index contributed by atoms with van der Waals surface area (Å²) < 4.78 is 61.4. The summed E-state index contributed by atoms with van der Waals surface area (Å²) in [6, 6.07) is 3.08. The Balaban J connectivity index is 1.67. The molecule has 0 spiro atoms. The predicted octanol–water partition coefficient (Wildman–Crippen LogP) is 3.25. The molecule has 1 aliphatic heterocycles. The highest BCUT2D eigenvalue weighted by Crippen LogP contribution is 2.32. The van der Waals surface area contributed by atoms with Crippen LogP contribution in [0.25, 0.3) is 11.3 Å². The summed E-state index contributed by atoms with van der Waals surface area (Å²) in [5.41, 5.74) is 1.61. The molecule has 0 saturated carbocycles. The first-order chi connectivity index (χ1) is 14.3. The van der Waals surface area contributed by atoms with Crippen molar-refractivity contribution in [1.82, 2.24) is 19.7 Å². The highest BCUT2D eigenvalue weighted by atomic mass is 19.2. The second kappa shape index (κ2) is 7.43. The van der Waals surface area contributed by atoms with Crippen LogP contribution in [0, 0.1) is 23.3 Å². The minimum Gasteiger partial charge on any atom is -0.479 e. The molecule has 156 valence electrons. The van der Waals surface area contributed by atoms with Crippen molar-refractivity contribution < 1.29 is 27.1 Å². The third-order valence-electron chi connectivity index (χ3n) is 5.03. The molecule has 0 aliphatic carbocycles. The van der Waals surface area contributed by atoms with Gasteiger partial charge in [0.2, 0.25) is 0 Å². The van der Waals surface area contributed by atoms with E-state index >= 15 is 0 Å². The molecule has 3 heterocycles. The fourth-order valence-electron chi connectivity index (χ4n) is 3.65. The maximum atomic E-state index is 14.4. The smallest absolute Gasteiger partial charge is 0.257 e. The van der Waals surface area contributed by atoms with E-state index in [2.05, 4.69) is 10.1 Å². The first-order valence-electron chi connectivity index (χ1n) is 8.99. The number of ether oxygens (including phenoxy) is 1. The number of carbonyl (C=O) groups is 1. The lowest BCUT2D eigenvalue weighted by Crippen LogP contribution is -2.36. The SMILES string of the molecule is COc1nccc(C(=O)N2CCc3c(nn(C)c3-c3cc(F)c(F)c(F)c3)C2)c1F. The Labute approximate surface area is 168 Å². The summed E-state index contributed by atoms with van der Waals surface area (Å²) >= 11 is 0. The highest BCUT2D eigenvalue weighted by molar-refractivity contribution is 5.95. The van der Waals surface area contributed by atoms with Gasteiger partial charge in [-0.1, -0.05) is 0 Å². The molecule has 0 fully saturated rings. The van der Waals surface area contributed by atoms with Crippen molar-refractivity contribution in [2.45, 2.75) is 13.0 Å². The molecule has 1 aromatic carbocycles. The molecule has 0 N–H and O–H groups in total. The van der Waals surface area contributed by atoms with Crippen LogP contribution < -0.4 is 4.74 Å². The first kappa shape index (κ1) is 19.9. The van der Waals surface area contributed by atoms with Gasteiger partial charge in [0.25, 0.3) is 11.8 Å². The van der Waals surface area contributed by atoms with E-state index in [1.165, 1.54) is 29.0 Å². The van der Waals surface area contributed by atoms with E-state index in [-0.39, 0.29) is 30.1 Å². The van der Waals surface area contributed by atoms with Crippen molar-refractivity contribution in [2.24, 2.45) is 7.05 Å². The van der Waals surface area contributed by atoms with Gasteiger partial charge < -0.3 is 9.64 Å². The van der Waals surface area contributed by atoms with Crippen LogP contribution in [0.15, 0.2) is 24.4 Å². The van der Waals surface area contributed by atoms with Gasteiger partial charge >= 0.3 is 0 Å². The lowest BCUT2D eigenvalue weighted by molar-refractivity contribution is 0.0726. The van der Waals surface area contributed by atoms with Crippen LogP contribution in [0.2, 0.25) is 0 Å². The van der Waals surface area contributed by atoms with E-state index < -0.39 is 29.2 Å². The van der Waals surface area contributed by atoms with Crippen molar-refractivity contribution in [3.63, 3.8) is 0 Å². The minimum atomic E-state index is -1.54. The van der Waals surface area contributed by atoms with Crippen LogP contribution in [0.3, 0.4) is 0 Å². The average Bonchev–Trinajstić information content (AvgIpc) is 3.06. The summed E-state index contributed by atoms with van der Waals surface area (Å²) in [6.45, 7) is 0.318. The summed E-state index contributed by atoms with van der Waals surface area (Å²) in [5.74, 6) is -5.82. The number of benzene rings is 1. The summed E-state index contributed by atoms with van der Waals surface area (Å²) in [6.07, 6.45) is 1.61. The first-order valence-corrected chi connectivity index (χ1v) is 8.99. The Morgan fingerprint density at radius 2 is 1.83 bits per heavy atom. The molecule has 4 rings (SSSR count). The number of aromatic nitrogens is 3. The number of halogens is 4. The average molecular weight is 420 g/mol. The van der Waals surface area contributed by atoms with Crippen LogP contribution in [0.5, 0.6) is 5.88 Å². The van der Waals surface area contributed by atoms with E-state index in [9.17, 15) is 22.4 Å². The number of aryl methyl sites for hydroxylation is 1. The molecule has 0 unspecified atom stereocenters. The number of methoxy groups -OCH3 is 1. The quantitative estimate of drug-likeness (QED) is 0.482. The fourth-order valence-corrected chi connectivity index (χ4v) is 3.65. The number of pyridine rings is 1. The minimum absolute atomic E-state index is 0.0816. The lowest BCUT2D eigenvalue weighted by atomic mass is 9.99. The molecule has 0 saturated heterocycles. The van der Waals surface area contributed by atoms with Crippen molar-refractivity contribution in [3.05, 3.63) is 64.5 Å². The summed E-state index contributed by atoms with van der Waals surface area (Å²) in [4.78, 5) is 18.0. The second-order valence-electron chi connectivity index (χ2n) is 6.81. The van der Waals surface area contributed by atoms with Crippen molar-refractivity contribution in [2.75, 3.05) is 13.7 Å². The molecule has 2 aromatic heterocycles. The van der Waals surface area contributed by atoms with Crippen LogP contribution >= 0.6 is 0 Å². The van der Waals surface area contributed by atoms with Gasteiger partial charge in [-0.2, -0.15) is 5.10 Å². The zero-order chi connectivity index (χ0) is 21.6. The van der Waals surface area contributed by atoms with Gasteiger partial charge in [0.05, 0.1) is 30.6 Å². The lowest BCUT2D eigenvalue weighted by Gasteiger charge is -2.27. The van der Waals surface area contributed by atoms with Crippen molar-refractivity contribution in [1.29, 1.82) is 0 Å². The Morgan fingerprint density at radius 3 is 2.50 bits per heavy atom. The third kappa shape index (κ3) is 3.17. The number of amides is 1. The Morgan fingerprint density at radius 1 is 1.13 bits per heavy atom. The number of hydrogen-bond acceptors (Lipinski definition) is 4. The summed E-state index contributed by atoms with van der Waals surface area (Å²) in [5, 5.41) is 4.35. The predicted molar refractivity (Wildman–Crippen MR) is 97.7 cm³/mol. The standard InChI is InChI=1S/C20H16F4N4O2/c1-27-18(10-7-13(21)17(24)14(22)8-10)11-4-6-28(9-15(11)26-27)20(29)12-3-5-25-19(30-2)16(12)23/h3,5,7-8H,4,6,9H2,1-2H3. The monoisotopic (exact) mass is 420 g/mol. The van der Waals surface area contributed by atoms with Gasteiger partial charge in [0, 0.05) is 30.9 Å². The number of nitrogens with zero attached hydrogens (tertiary/aromatic N) is 4. The topological polar surface area (TPSA) is 60.2 Å². The third-order valence-corrected chi connectivity index (χ3v) is 5.03. The molecule has 1 amide bonds. The molecule has 30 heavy (non-hydrogen) atoms. The molecular weight excluding hydrogens is 404 g/mol. The molecule has 0 radical (unpaired) electrons. The van der Waals surface area contributed by atoms with E-state index in [0.717, 1.165) is 12.1 Å². The van der Waals surface area contributed by atoms with Crippen LogP contribution in [0.1, 0.15) is 21.6 Å². The number of fused-ring (bicyclic) bond motifs is 1.